The highest BCUT2D eigenvalue weighted by molar-refractivity contribution is 6.09. The highest BCUT2D eigenvalue weighted by atomic mass is 16.1. The van der Waals surface area contributed by atoms with E-state index < -0.39 is 5.41 Å². The third-order valence-corrected chi connectivity index (χ3v) is 2.85. The first kappa shape index (κ1) is 13.6. The summed E-state index contributed by atoms with van der Waals surface area (Å²) in [5.74, 6) is -0.0884. The van der Waals surface area contributed by atoms with Crippen LogP contribution >= 0.6 is 0 Å². The Morgan fingerprint density at radius 1 is 1.12 bits per heavy atom. The molecule has 0 unspecified atom stereocenters. The van der Waals surface area contributed by atoms with Crippen molar-refractivity contribution in [2.24, 2.45) is 5.41 Å². The van der Waals surface area contributed by atoms with Gasteiger partial charge in [0.2, 0.25) is 0 Å². The van der Waals surface area contributed by atoms with Gasteiger partial charge in [0.1, 0.15) is 5.78 Å². The molecule has 0 aromatic heterocycles. The van der Waals surface area contributed by atoms with E-state index in [2.05, 4.69) is 0 Å². The van der Waals surface area contributed by atoms with Crippen molar-refractivity contribution in [2.45, 2.75) is 41.0 Å². The average molecular weight is 232 g/mol. The maximum Gasteiger partial charge on any atom is 0.170 e. The van der Waals surface area contributed by atoms with E-state index in [0.717, 1.165) is 11.1 Å². The Kier molecular flexibility index (Phi) is 3.87. The molecule has 0 radical (unpaired) electrons. The van der Waals surface area contributed by atoms with E-state index in [0.29, 0.717) is 5.56 Å². The van der Waals surface area contributed by atoms with Gasteiger partial charge in [-0.1, -0.05) is 38.5 Å². The van der Waals surface area contributed by atoms with Gasteiger partial charge in [0, 0.05) is 11.0 Å². The maximum absolute atomic E-state index is 12.1. The summed E-state index contributed by atoms with van der Waals surface area (Å²) in [6, 6.07) is 5.75. The highest BCUT2D eigenvalue weighted by Crippen LogP contribution is 2.20. The van der Waals surface area contributed by atoms with Gasteiger partial charge in [-0.25, -0.2) is 0 Å². The maximum atomic E-state index is 12.1. The lowest BCUT2D eigenvalue weighted by atomic mass is 9.86. The number of carbonyl (C=O) groups excluding carboxylic acids is 2. The first-order valence-corrected chi connectivity index (χ1v) is 5.85. The highest BCUT2D eigenvalue weighted by Gasteiger charge is 2.24. The number of hydrogen-bond donors (Lipinski definition) is 0. The first-order valence-electron chi connectivity index (χ1n) is 5.85. The van der Waals surface area contributed by atoms with Crippen LogP contribution in [0.1, 0.15) is 48.7 Å². The molecular weight excluding hydrogens is 212 g/mol. The average Bonchev–Trinajstić information content (AvgIpc) is 2.20. The van der Waals surface area contributed by atoms with Crippen LogP contribution in [0, 0.1) is 19.3 Å². The summed E-state index contributed by atoms with van der Waals surface area (Å²) in [6.45, 7) is 9.36. The molecular formula is C15H20O2. The van der Waals surface area contributed by atoms with Gasteiger partial charge in [-0.3, -0.25) is 9.59 Å². The lowest BCUT2D eigenvalue weighted by Gasteiger charge is -2.16. The minimum atomic E-state index is -0.451. The van der Waals surface area contributed by atoms with Crippen LogP contribution in [-0.2, 0) is 4.79 Å². The molecule has 2 heteroatoms. The van der Waals surface area contributed by atoms with E-state index in [1.54, 1.807) is 0 Å². The summed E-state index contributed by atoms with van der Waals surface area (Å²) >= 11 is 0. The van der Waals surface area contributed by atoms with Crippen molar-refractivity contribution >= 4 is 11.6 Å². The molecule has 1 aromatic rings. The van der Waals surface area contributed by atoms with Crippen LogP contribution in [0.2, 0.25) is 0 Å². The summed E-state index contributed by atoms with van der Waals surface area (Å²) in [7, 11) is 0. The molecule has 0 saturated heterocycles. The Hall–Kier alpha value is -1.44. The third kappa shape index (κ3) is 3.52. The van der Waals surface area contributed by atoms with Crippen molar-refractivity contribution in [2.75, 3.05) is 0 Å². The molecule has 0 aliphatic rings. The van der Waals surface area contributed by atoms with Gasteiger partial charge in [-0.05, 0) is 25.5 Å². The third-order valence-electron chi connectivity index (χ3n) is 2.85. The lowest BCUT2D eigenvalue weighted by Crippen LogP contribution is -2.23. The molecule has 0 saturated carbocycles. The topological polar surface area (TPSA) is 34.1 Å². The molecule has 0 heterocycles. The molecule has 1 aromatic carbocycles. The number of benzene rings is 1. The van der Waals surface area contributed by atoms with E-state index in [1.807, 2.05) is 52.8 Å². The van der Waals surface area contributed by atoms with Crippen molar-refractivity contribution in [1.29, 1.82) is 0 Å². The Labute approximate surface area is 103 Å². The fraction of sp³-hybridized carbons (Fsp3) is 0.467. The van der Waals surface area contributed by atoms with Gasteiger partial charge in [-0.2, -0.15) is 0 Å². The number of rotatable bonds is 3. The Morgan fingerprint density at radius 3 is 2.24 bits per heavy atom. The van der Waals surface area contributed by atoms with Gasteiger partial charge in [0.05, 0.1) is 6.42 Å². The SMILES string of the molecule is Cc1ccc(C)c(C(=O)CC(=O)C(C)(C)C)c1. The molecule has 0 aliphatic carbocycles. The van der Waals surface area contributed by atoms with E-state index in [9.17, 15) is 9.59 Å². The van der Waals surface area contributed by atoms with E-state index >= 15 is 0 Å². The molecule has 0 N–H and O–H groups in total. The minimum Gasteiger partial charge on any atom is -0.299 e. The number of aryl methyl sites for hydroxylation is 2. The van der Waals surface area contributed by atoms with Crippen molar-refractivity contribution in [3.05, 3.63) is 34.9 Å². The van der Waals surface area contributed by atoms with Crippen molar-refractivity contribution < 1.29 is 9.59 Å². The van der Waals surface area contributed by atoms with Gasteiger partial charge < -0.3 is 0 Å². The zero-order valence-corrected chi connectivity index (χ0v) is 11.3. The van der Waals surface area contributed by atoms with Gasteiger partial charge in [-0.15, -0.1) is 0 Å². The number of hydrogen-bond acceptors (Lipinski definition) is 2. The molecule has 92 valence electrons. The van der Waals surface area contributed by atoms with Crippen LogP contribution in [0.15, 0.2) is 18.2 Å². The smallest absolute Gasteiger partial charge is 0.170 e. The normalized spacial score (nSPS) is 11.4. The second kappa shape index (κ2) is 4.82. The van der Waals surface area contributed by atoms with Crippen LogP contribution in [0.4, 0.5) is 0 Å². The van der Waals surface area contributed by atoms with E-state index in [1.165, 1.54) is 0 Å². The van der Waals surface area contributed by atoms with Crippen molar-refractivity contribution in [3.8, 4) is 0 Å². The minimum absolute atomic E-state index is 0.00616. The predicted molar refractivity (Wildman–Crippen MR) is 69.3 cm³/mol. The second-order valence-corrected chi connectivity index (χ2v) is 5.59. The van der Waals surface area contributed by atoms with Gasteiger partial charge >= 0.3 is 0 Å². The Bertz CT molecular complexity index is 450. The number of carbonyl (C=O) groups is 2. The van der Waals surface area contributed by atoms with E-state index in [4.69, 9.17) is 0 Å². The Morgan fingerprint density at radius 2 is 1.71 bits per heavy atom. The molecule has 0 spiro atoms. The molecule has 0 atom stereocenters. The van der Waals surface area contributed by atoms with Crippen molar-refractivity contribution in [1.82, 2.24) is 0 Å². The second-order valence-electron chi connectivity index (χ2n) is 5.59. The van der Waals surface area contributed by atoms with Crippen LogP contribution < -0.4 is 0 Å². The van der Waals surface area contributed by atoms with Crippen LogP contribution in [-0.4, -0.2) is 11.6 Å². The summed E-state index contributed by atoms with van der Waals surface area (Å²) in [6.07, 6.45) is -0.00616. The molecule has 0 fully saturated rings. The molecule has 0 amide bonds. The molecule has 0 bridgehead atoms. The molecule has 2 nitrogen and oxygen atoms in total. The predicted octanol–water partition coefficient (Wildman–Crippen LogP) is 3.49. The number of ketones is 2. The number of Topliss-reactive ketones (excluding diaryl/α,β-unsaturated/α-hetero) is 2. The fourth-order valence-electron chi connectivity index (χ4n) is 1.54. The zero-order valence-electron chi connectivity index (χ0n) is 11.3. The molecule has 17 heavy (non-hydrogen) atoms. The monoisotopic (exact) mass is 232 g/mol. The summed E-state index contributed by atoms with van der Waals surface area (Å²) in [5.41, 5.74) is 2.19. The quantitative estimate of drug-likeness (QED) is 0.590. The van der Waals surface area contributed by atoms with Crippen LogP contribution in [0.3, 0.4) is 0 Å². The van der Waals surface area contributed by atoms with Gasteiger partial charge in [0.25, 0.3) is 0 Å². The standard InChI is InChI=1S/C15H20O2/c1-10-6-7-11(2)12(8-10)13(16)9-14(17)15(3,4)5/h6-8H,9H2,1-5H3. The Balaban J connectivity index is 2.91. The van der Waals surface area contributed by atoms with Crippen LogP contribution in [0.5, 0.6) is 0 Å². The molecule has 1 rings (SSSR count). The fourth-order valence-corrected chi connectivity index (χ4v) is 1.54. The summed E-state index contributed by atoms with van der Waals surface area (Å²) < 4.78 is 0. The van der Waals surface area contributed by atoms with Gasteiger partial charge in [0.15, 0.2) is 5.78 Å². The molecule has 0 aliphatic heterocycles. The first-order chi connectivity index (χ1) is 7.71. The zero-order chi connectivity index (χ0) is 13.2. The van der Waals surface area contributed by atoms with Crippen molar-refractivity contribution in [3.63, 3.8) is 0 Å². The van der Waals surface area contributed by atoms with Crippen LogP contribution in [0.25, 0.3) is 0 Å². The lowest BCUT2D eigenvalue weighted by molar-refractivity contribution is -0.125. The van der Waals surface area contributed by atoms with E-state index in [-0.39, 0.29) is 18.0 Å². The summed E-state index contributed by atoms with van der Waals surface area (Å²) in [4.78, 5) is 23.9. The summed E-state index contributed by atoms with van der Waals surface area (Å²) in [5, 5.41) is 0. The largest absolute Gasteiger partial charge is 0.299 e.